The van der Waals surface area contributed by atoms with Crippen LogP contribution in [0.1, 0.15) is 0 Å². The molecule has 0 heterocycles. The van der Waals surface area contributed by atoms with E-state index in [0.29, 0.717) is 0 Å². The summed E-state index contributed by atoms with van der Waals surface area (Å²) in [6.45, 7) is 0. The van der Waals surface area contributed by atoms with Gasteiger partial charge in [-0.25, -0.2) is 0 Å². The average molecular weight is 450 g/mol. The van der Waals surface area contributed by atoms with Crippen LogP contribution in [0.5, 0.6) is 0 Å². The summed E-state index contributed by atoms with van der Waals surface area (Å²) in [5.41, 5.74) is 0. The zero-order chi connectivity index (χ0) is 14.3. The molecule has 0 aromatic carbocycles. The molecule has 0 bridgehead atoms. The van der Waals surface area contributed by atoms with Crippen molar-refractivity contribution in [2.75, 3.05) is 0 Å². The van der Waals surface area contributed by atoms with Crippen LogP contribution in [0.15, 0.2) is 0 Å². The minimum Gasteiger partial charge on any atom is -0.652 e. The van der Waals surface area contributed by atoms with Crippen molar-refractivity contribution < 1.29 is 86.2 Å². The molecule has 0 aliphatic rings. The first-order chi connectivity index (χ1) is 6.93. The Balaban J connectivity index is -0.0000000257. The number of carbonyl (C=O) groups is 4. The third-order valence-corrected chi connectivity index (χ3v) is 0. The van der Waals surface area contributed by atoms with E-state index in [-0.39, 0.29) is 50.1 Å². The second-order valence-electron chi connectivity index (χ2n) is 1.00. The van der Waals surface area contributed by atoms with Crippen LogP contribution in [-0.4, -0.2) is 48.5 Å². The van der Waals surface area contributed by atoms with E-state index in [1.807, 2.05) is 0 Å². The molecule has 0 N–H and O–H groups in total. The molecule has 0 aromatic heterocycles. The van der Waals surface area contributed by atoms with E-state index in [1.165, 1.54) is 0 Å². The first-order valence-electron chi connectivity index (χ1n) is 2.45. The van der Waals surface area contributed by atoms with E-state index in [1.54, 1.807) is 0 Å². The van der Waals surface area contributed by atoms with Crippen LogP contribution in [0.25, 0.3) is 0 Å². The van der Waals surface area contributed by atoms with Crippen molar-refractivity contribution in [3.8, 4) is 0 Å². The van der Waals surface area contributed by atoms with Crippen LogP contribution in [0.4, 0.5) is 19.2 Å². The molecule has 0 aliphatic heterocycles. The van der Waals surface area contributed by atoms with Gasteiger partial charge in [0.2, 0.25) is 0 Å². The van der Waals surface area contributed by atoms with Crippen molar-refractivity contribution in [2.24, 2.45) is 0 Å². The Kier molecular flexibility index (Phi) is 59.2. The van der Waals surface area contributed by atoms with Crippen LogP contribution in [0.2, 0.25) is 0 Å². The van der Waals surface area contributed by atoms with Crippen LogP contribution < -0.4 is 40.9 Å². The Morgan fingerprint density at radius 2 is 0.444 bits per heavy atom. The average Bonchev–Trinajstić information content (AvgIpc) is 1.76. The van der Waals surface area contributed by atoms with E-state index in [4.69, 9.17) is 60.0 Å². The zero-order valence-corrected chi connectivity index (χ0v) is 13.2. The van der Waals surface area contributed by atoms with Gasteiger partial charge in [-0.3, -0.25) is 0 Å². The summed E-state index contributed by atoms with van der Waals surface area (Å²) in [5.74, 6) is 0. The Morgan fingerprint density at radius 1 is 0.444 bits per heavy atom. The maximum absolute atomic E-state index is 8.33. The molecular formula is C4O12SnZr. The summed E-state index contributed by atoms with van der Waals surface area (Å²) in [6, 6.07) is 0. The van der Waals surface area contributed by atoms with Gasteiger partial charge in [0.25, 0.3) is 0 Å². The molecule has 0 radical (unpaired) electrons. The van der Waals surface area contributed by atoms with E-state index >= 15 is 0 Å². The minimum absolute atomic E-state index is 0. The molecule has 0 unspecified atom stereocenters. The van der Waals surface area contributed by atoms with Crippen LogP contribution >= 0.6 is 0 Å². The Hall–Kier alpha value is -1.24. The molecular weight excluding hydrogens is 450 g/mol. The van der Waals surface area contributed by atoms with Crippen molar-refractivity contribution in [1.29, 1.82) is 0 Å². The molecule has 0 rings (SSSR count). The third-order valence-electron chi connectivity index (χ3n) is 0. The molecule has 96 valence electrons. The third kappa shape index (κ3) is 1820. The minimum atomic E-state index is -2.33. The van der Waals surface area contributed by atoms with Crippen molar-refractivity contribution in [2.45, 2.75) is 0 Å². The SMILES string of the molecule is O=C([O-])[O-].O=C([O-])[O-].O=C([O-])[O-].O=C([O-])[O-].[Sn+4].[Zr+4]. The Morgan fingerprint density at radius 3 is 0.444 bits per heavy atom. The number of carboxylic acid groups (broad SMARTS) is 8. The van der Waals surface area contributed by atoms with Gasteiger partial charge < -0.3 is 60.0 Å². The summed E-state index contributed by atoms with van der Waals surface area (Å²) in [5, 5.41) is 66.7. The summed E-state index contributed by atoms with van der Waals surface area (Å²) >= 11 is 0. The molecule has 0 atom stereocenters. The van der Waals surface area contributed by atoms with Gasteiger partial charge in [0.05, 0.1) is 0 Å². The molecule has 0 aliphatic carbocycles. The van der Waals surface area contributed by atoms with Gasteiger partial charge in [-0.2, -0.15) is 0 Å². The molecule has 0 spiro atoms. The summed E-state index contributed by atoms with van der Waals surface area (Å²) in [7, 11) is 0. The predicted molar refractivity (Wildman–Crippen MR) is 27.3 cm³/mol. The smallest absolute Gasteiger partial charge is 0.652 e. The topological polar surface area (TPSA) is 253 Å². The van der Waals surface area contributed by atoms with Gasteiger partial charge >= 0.3 is 50.1 Å². The van der Waals surface area contributed by atoms with Gasteiger partial charge in [0.15, 0.2) is 0 Å². The van der Waals surface area contributed by atoms with E-state index in [9.17, 15) is 0 Å². The van der Waals surface area contributed by atoms with E-state index < -0.39 is 24.6 Å². The molecule has 0 fully saturated rings. The van der Waals surface area contributed by atoms with Crippen LogP contribution in [-0.2, 0) is 26.2 Å². The standard InChI is InChI=1S/4CH2O3.Sn.Zr/c4*2-1(3)4;;/h4*(H2,2,3,4);;/q;;;;2*+4/p-8. The van der Waals surface area contributed by atoms with Gasteiger partial charge in [-0.05, 0) is 24.6 Å². The first kappa shape index (κ1) is 36.0. The second-order valence-corrected chi connectivity index (χ2v) is 1.00. The second kappa shape index (κ2) is 29.7. The fourth-order valence-corrected chi connectivity index (χ4v) is 0. The quantitative estimate of drug-likeness (QED) is 0.312. The van der Waals surface area contributed by atoms with Crippen molar-refractivity contribution in [3.05, 3.63) is 0 Å². The molecule has 0 saturated heterocycles. The summed E-state index contributed by atoms with van der Waals surface area (Å²) in [4.78, 5) is 33.3. The van der Waals surface area contributed by atoms with Crippen molar-refractivity contribution >= 4 is 48.5 Å². The van der Waals surface area contributed by atoms with Gasteiger partial charge in [-0.15, -0.1) is 0 Å². The summed E-state index contributed by atoms with van der Waals surface area (Å²) in [6.07, 6.45) is -9.33. The fraction of sp³-hybridized carbons (Fsp3) is 0. The predicted octanol–water partition coefficient (Wildman–Crippen LogP) is -10.2. The Labute approximate surface area is 134 Å². The molecule has 12 nitrogen and oxygen atoms in total. The molecule has 0 saturated carbocycles. The number of hydrogen-bond acceptors (Lipinski definition) is 12. The largest absolute Gasteiger partial charge is 4.00 e. The number of carbonyl (C=O) groups excluding carboxylic acids is 4. The normalized spacial score (nSPS) is 5.33. The van der Waals surface area contributed by atoms with Crippen molar-refractivity contribution in [1.82, 2.24) is 0 Å². The maximum Gasteiger partial charge on any atom is 4.00 e. The van der Waals surface area contributed by atoms with Gasteiger partial charge in [0, 0.05) is 0 Å². The van der Waals surface area contributed by atoms with Gasteiger partial charge in [0.1, 0.15) is 0 Å². The van der Waals surface area contributed by atoms with Crippen LogP contribution in [0, 0.1) is 0 Å². The van der Waals surface area contributed by atoms with E-state index in [0.717, 1.165) is 0 Å². The zero-order valence-electron chi connectivity index (χ0n) is 7.90. The monoisotopic (exact) mass is 450 g/mol. The molecule has 18 heavy (non-hydrogen) atoms. The van der Waals surface area contributed by atoms with Crippen molar-refractivity contribution in [3.63, 3.8) is 0 Å². The van der Waals surface area contributed by atoms with Crippen LogP contribution in [0.3, 0.4) is 0 Å². The first-order valence-corrected chi connectivity index (χ1v) is 2.45. The van der Waals surface area contributed by atoms with Gasteiger partial charge in [-0.1, -0.05) is 0 Å². The molecule has 0 aromatic rings. The molecule has 0 amide bonds. The van der Waals surface area contributed by atoms with E-state index in [2.05, 4.69) is 0 Å². The Bertz CT molecular complexity index is 164. The fourth-order valence-electron chi connectivity index (χ4n) is 0. The summed E-state index contributed by atoms with van der Waals surface area (Å²) < 4.78 is 0. The molecule has 14 heteroatoms. The number of rotatable bonds is 0. The maximum atomic E-state index is 8.33. The number of hydrogen-bond donors (Lipinski definition) is 0.